The zero-order valence-corrected chi connectivity index (χ0v) is 14.0. The van der Waals surface area contributed by atoms with Crippen LogP contribution in [0.5, 0.6) is 11.5 Å². The predicted molar refractivity (Wildman–Crippen MR) is 87.2 cm³/mol. The van der Waals surface area contributed by atoms with E-state index in [-0.39, 0.29) is 10.8 Å². The molecule has 1 aliphatic heterocycles. The second kappa shape index (κ2) is 6.41. The van der Waals surface area contributed by atoms with E-state index in [4.69, 9.17) is 14.6 Å². The molecule has 2 N–H and O–H groups in total. The molecule has 1 aliphatic rings. The molecule has 0 amide bonds. The summed E-state index contributed by atoms with van der Waals surface area (Å²) in [5.74, 6) is 1.07. The van der Waals surface area contributed by atoms with E-state index < -0.39 is 15.8 Å². The summed E-state index contributed by atoms with van der Waals surface area (Å²) in [5.41, 5.74) is 1.50. The Morgan fingerprint density at radius 3 is 2.75 bits per heavy atom. The van der Waals surface area contributed by atoms with Gasteiger partial charge >= 0.3 is 0 Å². The van der Waals surface area contributed by atoms with Gasteiger partial charge in [0.25, 0.3) is 0 Å². The van der Waals surface area contributed by atoms with Crippen LogP contribution in [0.2, 0.25) is 0 Å². The van der Waals surface area contributed by atoms with Crippen molar-refractivity contribution >= 4 is 10.0 Å². The van der Waals surface area contributed by atoms with E-state index in [2.05, 4.69) is 0 Å². The molecule has 2 aromatic rings. The number of nitrogens with two attached hydrogens (primary N) is 1. The smallest absolute Gasteiger partial charge is 0.238 e. The van der Waals surface area contributed by atoms with Crippen LogP contribution in [-0.4, -0.2) is 22.1 Å². The maximum atomic E-state index is 14.2. The first kappa shape index (κ1) is 16.7. The highest BCUT2D eigenvalue weighted by Gasteiger charge is 2.22. The van der Waals surface area contributed by atoms with E-state index in [9.17, 15) is 12.8 Å². The van der Waals surface area contributed by atoms with E-state index in [1.54, 1.807) is 7.11 Å². The molecule has 2 aromatic carbocycles. The lowest BCUT2D eigenvalue weighted by molar-refractivity contribution is 0.219. The number of rotatable bonds is 4. The molecule has 7 heteroatoms. The minimum atomic E-state index is -3.90. The normalized spacial score (nSPS) is 17.0. The third kappa shape index (κ3) is 3.52. The first-order valence-electron chi connectivity index (χ1n) is 7.48. The molecule has 24 heavy (non-hydrogen) atoms. The monoisotopic (exact) mass is 351 g/mol. The Morgan fingerprint density at radius 2 is 2.08 bits per heavy atom. The van der Waals surface area contributed by atoms with Gasteiger partial charge in [0, 0.05) is 12.0 Å². The third-order valence-electron chi connectivity index (χ3n) is 4.12. The van der Waals surface area contributed by atoms with Crippen molar-refractivity contribution in [2.24, 2.45) is 11.1 Å². The molecule has 3 rings (SSSR count). The van der Waals surface area contributed by atoms with Gasteiger partial charge in [-0.25, -0.2) is 17.9 Å². The van der Waals surface area contributed by atoms with Crippen molar-refractivity contribution in [3.63, 3.8) is 0 Å². The van der Waals surface area contributed by atoms with Crippen LogP contribution in [0.4, 0.5) is 4.39 Å². The van der Waals surface area contributed by atoms with Crippen LogP contribution in [0, 0.1) is 11.7 Å². The van der Waals surface area contributed by atoms with Gasteiger partial charge in [-0.3, -0.25) is 0 Å². The van der Waals surface area contributed by atoms with Crippen molar-refractivity contribution in [3.8, 4) is 11.5 Å². The molecule has 0 aromatic heterocycles. The maximum absolute atomic E-state index is 14.2. The van der Waals surface area contributed by atoms with Gasteiger partial charge in [0.2, 0.25) is 10.0 Å². The van der Waals surface area contributed by atoms with Crippen LogP contribution in [-0.2, 0) is 22.9 Å². The highest BCUT2D eigenvalue weighted by atomic mass is 32.2. The maximum Gasteiger partial charge on any atom is 0.238 e. The Hall–Kier alpha value is -2.12. The van der Waals surface area contributed by atoms with Crippen molar-refractivity contribution in [2.45, 2.75) is 17.7 Å². The summed E-state index contributed by atoms with van der Waals surface area (Å²) in [5, 5.41) is 5.01. The Morgan fingerprint density at radius 1 is 1.29 bits per heavy atom. The molecule has 1 heterocycles. The van der Waals surface area contributed by atoms with Crippen molar-refractivity contribution < 1.29 is 22.3 Å². The number of hydrogen-bond donors (Lipinski definition) is 1. The highest BCUT2D eigenvalue weighted by molar-refractivity contribution is 7.89. The Kier molecular flexibility index (Phi) is 4.47. The van der Waals surface area contributed by atoms with Crippen LogP contribution in [0.25, 0.3) is 0 Å². The molecule has 0 fully saturated rings. The number of fused-ring (bicyclic) bond motifs is 1. The number of benzene rings is 2. The van der Waals surface area contributed by atoms with Crippen LogP contribution < -0.4 is 14.6 Å². The van der Waals surface area contributed by atoms with Gasteiger partial charge in [-0.05, 0) is 42.2 Å². The number of ether oxygens (including phenoxy) is 2. The second-order valence-electron chi connectivity index (χ2n) is 5.86. The summed E-state index contributed by atoms with van der Waals surface area (Å²) in [6.07, 6.45) is 1.22. The lowest BCUT2D eigenvalue weighted by Gasteiger charge is -2.26. The van der Waals surface area contributed by atoms with Crippen LogP contribution in [0.15, 0.2) is 41.3 Å². The average Bonchev–Trinajstić information content (AvgIpc) is 2.55. The van der Waals surface area contributed by atoms with E-state index in [0.29, 0.717) is 18.6 Å². The predicted octanol–water partition coefficient (Wildman–Crippen LogP) is 2.28. The van der Waals surface area contributed by atoms with E-state index in [1.807, 2.05) is 18.2 Å². The topological polar surface area (TPSA) is 78.6 Å². The molecular formula is C17H18FNO4S. The molecule has 5 nitrogen and oxygen atoms in total. The number of halogens is 1. The molecule has 0 spiro atoms. The molecular weight excluding hydrogens is 333 g/mol. The second-order valence-corrected chi connectivity index (χ2v) is 7.42. The van der Waals surface area contributed by atoms with Gasteiger partial charge in [0.15, 0.2) is 0 Å². The average molecular weight is 351 g/mol. The van der Waals surface area contributed by atoms with Gasteiger partial charge in [-0.1, -0.05) is 12.1 Å². The highest BCUT2D eigenvalue weighted by Crippen LogP contribution is 2.32. The summed E-state index contributed by atoms with van der Waals surface area (Å²) < 4.78 is 47.6. The Labute approximate surface area is 140 Å². The fraction of sp³-hybridized carbons (Fsp3) is 0.294. The van der Waals surface area contributed by atoms with Crippen LogP contribution in [0.3, 0.4) is 0 Å². The van der Waals surface area contributed by atoms with E-state index in [1.165, 1.54) is 12.1 Å². The number of hydrogen-bond acceptors (Lipinski definition) is 4. The molecule has 1 unspecified atom stereocenters. The largest absolute Gasteiger partial charge is 0.497 e. The summed E-state index contributed by atoms with van der Waals surface area (Å²) in [7, 11) is -2.30. The van der Waals surface area contributed by atoms with Gasteiger partial charge in [-0.15, -0.1) is 0 Å². The number of sulfonamides is 1. The number of methoxy groups -OCH3 is 1. The first-order valence-corrected chi connectivity index (χ1v) is 9.02. The van der Waals surface area contributed by atoms with Crippen molar-refractivity contribution in [1.29, 1.82) is 0 Å². The van der Waals surface area contributed by atoms with Crippen LogP contribution in [0.1, 0.15) is 11.1 Å². The lowest BCUT2D eigenvalue weighted by Crippen LogP contribution is -2.23. The van der Waals surface area contributed by atoms with Crippen molar-refractivity contribution in [1.82, 2.24) is 0 Å². The molecule has 128 valence electrons. The van der Waals surface area contributed by atoms with Crippen LogP contribution >= 0.6 is 0 Å². The molecule has 0 saturated carbocycles. The number of primary sulfonamides is 1. The summed E-state index contributed by atoms with van der Waals surface area (Å²) in [6.45, 7) is 0.469. The molecule has 1 atom stereocenters. The van der Waals surface area contributed by atoms with Gasteiger partial charge in [0.1, 0.15) is 17.3 Å². The van der Waals surface area contributed by atoms with Gasteiger partial charge < -0.3 is 9.47 Å². The third-order valence-corrected chi connectivity index (χ3v) is 5.03. The first-order chi connectivity index (χ1) is 11.4. The lowest BCUT2D eigenvalue weighted by atomic mass is 9.91. The molecule has 0 radical (unpaired) electrons. The standard InChI is InChI=1S/C17H18FNO4S/c1-22-14-4-2-13-7-11(10-23-17(13)8-14)6-12-3-5-15(9-16(12)18)24(19,20)21/h2-5,8-9,11H,6-7,10H2,1H3,(H2,19,20,21). The van der Waals surface area contributed by atoms with Gasteiger partial charge in [0.05, 0.1) is 18.6 Å². The molecule has 0 saturated heterocycles. The zero-order chi connectivity index (χ0) is 17.3. The summed E-state index contributed by atoms with van der Waals surface area (Å²) in [6, 6.07) is 9.42. The minimum Gasteiger partial charge on any atom is -0.497 e. The van der Waals surface area contributed by atoms with E-state index in [0.717, 1.165) is 29.5 Å². The van der Waals surface area contributed by atoms with Gasteiger partial charge in [-0.2, -0.15) is 0 Å². The summed E-state index contributed by atoms with van der Waals surface area (Å²) in [4.78, 5) is -0.221. The Balaban J connectivity index is 1.75. The summed E-state index contributed by atoms with van der Waals surface area (Å²) >= 11 is 0. The zero-order valence-electron chi connectivity index (χ0n) is 13.2. The van der Waals surface area contributed by atoms with Crippen molar-refractivity contribution in [3.05, 3.63) is 53.3 Å². The fourth-order valence-electron chi connectivity index (χ4n) is 2.86. The quantitative estimate of drug-likeness (QED) is 0.917. The minimum absolute atomic E-state index is 0.112. The SMILES string of the molecule is COc1ccc2c(c1)OCC(Cc1ccc(S(N)(=O)=O)cc1F)C2. The van der Waals surface area contributed by atoms with Crippen molar-refractivity contribution in [2.75, 3.05) is 13.7 Å². The Bertz CT molecular complexity index is 867. The molecule has 0 bridgehead atoms. The van der Waals surface area contributed by atoms with E-state index >= 15 is 0 Å². The fourth-order valence-corrected chi connectivity index (χ4v) is 3.38. The molecule has 0 aliphatic carbocycles.